The number of imidazole rings is 1. The summed E-state index contributed by atoms with van der Waals surface area (Å²) in [7, 11) is -3.76. The van der Waals surface area contributed by atoms with Gasteiger partial charge in [-0.15, -0.1) is 0 Å². The largest absolute Gasteiger partial charge is 0.346 e. The number of benzene rings is 2. The molecule has 0 aliphatic carbocycles. The number of aryl methyl sites for hydroxylation is 1. The highest BCUT2D eigenvalue weighted by molar-refractivity contribution is 7.92. The summed E-state index contributed by atoms with van der Waals surface area (Å²) in [5, 5.41) is 3.37. The van der Waals surface area contributed by atoms with Crippen molar-refractivity contribution in [3.63, 3.8) is 0 Å². The van der Waals surface area contributed by atoms with Gasteiger partial charge in [0.1, 0.15) is 5.65 Å². The average Bonchev–Trinajstić information content (AvgIpc) is 3.15. The number of carbonyl (C=O) groups is 1. The molecule has 4 rings (SSSR count). The van der Waals surface area contributed by atoms with Gasteiger partial charge in [-0.3, -0.25) is 9.52 Å². The third kappa shape index (κ3) is 4.70. The van der Waals surface area contributed by atoms with Crippen LogP contribution in [0.25, 0.3) is 5.65 Å². The highest BCUT2D eigenvalue weighted by atomic mass is 35.5. The molecule has 0 saturated heterocycles. The van der Waals surface area contributed by atoms with E-state index in [9.17, 15) is 13.2 Å². The minimum Gasteiger partial charge on any atom is -0.346 e. The zero-order valence-electron chi connectivity index (χ0n) is 16.5. The molecular formula is C22H19ClN4O3S. The van der Waals surface area contributed by atoms with Gasteiger partial charge in [0.05, 0.1) is 27.8 Å². The average molecular weight is 455 g/mol. The van der Waals surface area contributed by atoms with Crippen LogP contribution in [0.3, 0.4) is 0 Å². The molecule has 0 atom stereocenters. The summed E-state index contributed by atoms with van der Waals surface area (Å²) in [5.74, 6) is -0.328. The number of hydrogen-bond acceptors (Lipinski definition) is 4. The van der Waals surface area contributed by atoms with Gasteiger partial charge in [0.2, 0.25) is 0 Å². The first kappa shape index (κ1) is 20.9. The molecule has 0 fully saturated rings. The number of rotatable bonds is 6. The Labute approximate surface area is 184 Å². The van der Waals surface area contributed by atoms with Crippen molar-refractivity contribution in [2.75, 3.05) is 4.72 Å². The zero-order valence-corrected chi connectivity index (χ0v) is 18.1. The molecule has 4 aromatic rings. The molecule has 0 spiro atoms. The van der Waals surface area contributed by atoms with Crippen LogP contribution in [-0.2, 0) is 16.6 Å². The lowest BCUT2D eigenvalue weighted by Crippen LogP contribution is -2.23. The lowest BCUT2D eigenvalue weighted by Gasteiger charge is -2.11. The van der Waals surface area contributed by atoms with Crippen molar-refractivity contribution < 1.29 is 13.2 Å². The second kappa shape index (κ2) is 8.41. The van der Waals surface area contributed by atoms with E-state index in [4.69, 9.17) is 11.6 Å². The Morgan fingerprint density at radius 2 is 1.77 bits per heavy atom. The third-order valence-corrected chi connectivity index (χ3v) is 6.32. The number of pyridine rings is 1. The van der Waals surface area contributed by atoms with Crippen LogP contribution in [0.2, 0.25) is 5.02 Å². The standard InChI is InChI=1S/C22H19ClN4O3S/c1-15-4-2-3-5-20(15)26-31(29,30)19-9-6-16(7-10-19)22(28)24-12-18-14-27-13-17(23)8-11-21(27)25-18/h2-11,13-14,26H,12H2,1H3,(H,24,28). The van der Waals surface area contributed by atoms with Gasteiger partial charge in [-0.25, -0.2) is 13.4 Å². The van der Waals surface area contributed by atoms with Crippen molar-refractivity contribution in [1.29, 1.82) is 0 Å². The van der Waals surface area contributed by atoms with Crippen LogP contribution in [0.15, 0.2) is 78.0 Å². The molecule has 31 heavy (non-hydrogen) atoms. The van der Waals surface area contributed by atoms with E-state index in [-0.39, 0.29) is 17.3 Å². The number of nitrogens with one attached hydrogen (secondary N) is 2. The Balaban J connectivity index is 1.43. The van der Waals surface area contributed by atoms with E-state index in [2.05, 4.69) is 15.0 Å². The van der Waals surface area contributed by atoms with Gasteiger partial charge in [-0.05, 0) is 55.0 Å². The van der Waals surface area contributed by atoms with E-state index in [1.54, 1.807) is 41.1 Å². The minimum atomic E-state index is -3.76. The summed E-state index contributed by atoms with van der Waals surface area (Å²) >= 11 is 5.97. The lowest BCUT2D eigenvalue weighted by molar-refractivity contribution is 0.0950. The molecule has 2 aromatic heterocycles. The predicted molar refractivity (Wildman–Crippen MR) is 120 cm³/mol. The third-order valence-electron chi connectivity index (χ3n) is 4.71. The van der Waals surface area contributed by atoms with Crippen LogP contribution in [0.5, 0.6) is 0 Å². The summed E-state index contributed by atoms with van der Waals surface area (Å²) in [6, 6.07) is 16.4. The van der Waals surface area contributed by atoms with E-state index >= 15 is 0 Å². The summed E-state index contributed by atoms with van der Waals surface area (Å²) < 4.78 is 29.6. The van der Waals surface area contributed by atoms with Gasteiger partial charge >= 0.3 is 0 Å². The second-order valence-corrected chi connectivity index (χ2v) is 9.09. The number of sulfonamides is 1. The number of fused-ring (bicyclic) bond motifs is 1. The Morgan fingerprint density at radius 3 is 2.52 bits per heavy atom. The van der Waals surface area contributed by atoms with Gasteiger partial charge in [0, 0.05) is 18.0 Å². The molecule has 0 unspecified atom stereocenters. The molecule has 1 amide bonds. The van der Waals surface area contributed by atoms with Crippen LogP contribution in [-0.4, -0.2) is 23.7 Å². The van der Waals surface area contributed by atoms with Crippen LogP contribution >= 0.6 is 11.6 Å². The topological polar surface area (TPSA) is 92.6 Å². The normalized spacial score (nSPS) is 11.4. The number of aromatic nitrogens is 2. The fraction of sp³-hybridized carbons (Fsp3) is 0.0909. The first-order valence-electron chi connectivity index (χ1n) is 9.42. The van der Waals surface area contributed by atoms with Gasteiger partial charge in [0.15, 0.2) is 0 Å². The Morgan fingerprint density at radius 1 is 1.03 bits per heavy atom. The number of carbonyl (C=O) groups excluding carboxylic acids is 1. The number of para-hydroxylation sites is 1. The molecule has 2 N–H and O–H groups in total. The van der Waals surface area contributed by atoms with Crippen LogP contribution in [0, 0.1) is 6.92 Å². The van der Waals surface area contributed by atoms with Crippen LogP contribution < -0.4 is 10.0 Å². The fourth-order valence-electron chi connectivity index (χ4n) is 3.05. The summed E-state index contributed by atoms with van der Waals surface area (Å²) in [5.41, 5.74) is 3.08. The smallest absolute Gasteiger partial charge is 0.261 e. The van der Waals surface area contributed by atoms with Gasteiger partial charge in [-0.2, -0.15) is 0 Å². The molecule has 0 aliphatic heterocycles. The van der Waals surface area contributed by atoms with Crippen molar-refractivity contribution in [3.05, 3.63) is 94.9 Å². The number of amides is 1. The predicted octanol–water partition coefficient (Wildman–Crippen LogP) is 4.03. The maximum absolute atomic E-state index is 12.6. The monoisotopic (exact) mass is 454 g/mol. The molecular weight excluding hydrogens is 436 g/mol. The highest BCUT2D eigenvalue weighted by Gasteiger charge is 2.16. The first-order chi connectivity index (χ1) is 14.8. The molecule has 0 bridgehead atoms. The van der Waals surface area contributed by atoms with Gasteiger partial charge in [0.25, 0.3) is 15.9 Å². The van der Waals surface area contributed by atoms with E-state index in [1.165, 1.54) is 24.3 Å². The number of hydrogen-bond donors (Lipinski definition) is 2. The molecule has 7 nitrogen and oxygen atoms in total. The molecule has 0 aliphatic rings. The highest BCUT2D eigenvalue weighted by Crippen LogP contribution is 2.19. The maximum atomic E-state index is 12.6. The Bertz CT molecular complexity index is 1370. The SMILES string of the molecule is Cc1ccccc1NS(=O)(=O)c1ccc(C(=O)NCc2cn3cc(Cl)ccc3n2)cc1. The van der Waals surface area contributed by atoms with Crippen molar-refractivity contribution in [2.24, 2.45) is 0 Å². The molecule has 2 heterocycles. The second-order valence-electron chi connectivity index (χ2n) is 6.97. The fourth-order valence-corrected chi connectivity index (χ4v) is 4.35. The summed E-state index contributed by atoms with van der Waals surface area (Å²) in [4.78, 5) is 16.9. The number of halogens is 1. The van der Waals surface area contributed by atoms with Crippen molar-refractivity contribution in [3.8, 4) is 0 Å². The van der Waals surface area contributed by atoms with Crippen LogP contribution in [0.1, 0.15) is 21.6 Å². The summed E-state index contributed by atoms with van der Waals surface area (Å²) in [6.45, 7) is 2.05. The van der Waals surface area contributed by atoms with E-state index < -0.39 is 10.0 Å². The molecule has 0 saturated carbocycles. The van der Waals surface area contributed by atoms with E-state index in [0.29, 0.717) is 22.0 Å². The van der Waals surface area contributed by atoms with Crippen molar-refractivity contribution in [1.82, 2.24) is 14.7 Å². The first-order valence-corrected chi connectivity index (χ1v) is 11.3. The summed E-state index contributed by atoms with van der Waals surface area (Å²) in [6.07, 6.45) is 3.52. The molecule has 158 valence electrons. The van der Waals surface area contributed by atoms with E-state index in [0.717, 1.165) is 11.2 Å². The van der Waals surface area contributed by atoms with Crippen LogP contribution in [0.4, 0.5) is 5.69 Å². The van der Waals surface area contributed by atoms with Gasteiger partial charge in [-0.1, -0.05) is 29.8 Å². The zero-order chi connectivity index (χ0) is 22.0. The van der Waals surface area contributed by atoms with Gasteiger partial charge < -0.3 is 9.72 Å². The Kier molecular flexibility index (Phi) is 5.67. The Hall–Kier alpha value is -3.36. The molecule has 0 radical (unpaired) electrons. The maximum Gasteiger partial charge on any atom is 0.261 e. The minimum absolute atomic E-state index is 0.0736. The number of nitrogens with zero attached hydrogens (tertiary/aromatic N) is 2. The lowest BCUT2D eigenvalue weighted by atomic mass is 10.2. The molecule has 2 aromatic carbocycles. The molecule has 9 heteroatoms. The number of anilines is 1. The van der Waals surface area contributed by atoms with E-state index in [1.807, 2.05) is 19.1 Å². The quantitative estimate of drug-likeness (QED) is 0.460. The van der Waals surface area contributed by atoms with Crippen molar-refractivity contribution >= 4 is 38.9 Å². The van der Waals surface area contributed by atoms with Crippen molar-refractivity contribution in [2.45, 2.75) is 18.4 Å².